The Balaban J connectivity index is 4.48. The average Bonchev–Trinajstić information content (AvgIpc) is 2.18. The summed E-state index contributed by atoms with van der Waals surface area (Å²) < 4.78 is 0. The minimum absolute atomic E-state index is 0.0572. The second-order valence-corrected chi connectivity index (χ2v) is 4.74. The van der Waals surface area contributed by atoms with Crippen molar-refractivity contribution in [3.8, 4) is 0 Å². The van der Waals surface area contributed by atoms with E-state index in [0.29, 0.717) is 0 Å². The van der Waals surface area contributed by atoms with E-state index in [0.717, 1.165) is 25.9 Å². The van der Waals surface area contributed by atoms with E-state index in [1.165, 1.54) is 5.57 Å². The van der Waals surface area contributed by atoms with E-state index in [-0.39, 0.29) is 11.6 Å². The highest BCUT2D eigenvalue weighted by Crippen LogP contribution is 2.22. The highest BCUT2D eigenvalue weighted by molar-refractivity contribution is 5.02. The van der Waals surface area contributed by atoms with Gasteiger partial charge in [-0.2, -0.15) is 0 Å². The molecule has 2 nitrogen and oxygen atoms in total. The van der Waals surface area contributed by atoms with Crippen LogP contribution < -0.4 is 5.73 Å². The van der Waals surface area contributed by atoms with E-state index in [1.807, 2.05) is 0 Å². The van der Waals surface area contributed by atoms with Crippen LogP contribution in [0.2, 0.25) is 0 Å². The highest BCUT2D eigenvalue weighted by atomic mass is 15.2. The van der Waals surface area contributed by atoms with Crippen LogP contribution in [0.15, 0.2) is 12.2 Å². The lowest BCUT2D eigenvalue weighted by molar-refractivity contribution is 0.106. The fraction of sp³-hybridized carbons (Fsp3) is 0.846. The minimum Gasteiger partial charge on any atom is -0.326 e. The maximum atomic E-state index is 6.28. The minimum atomic E-state index is 0.0572. The van der Waals surface area contributed by atoms with Crippen molar-refractivity contribution in [2.45, 2.75) is 59.0 Å². The molecule has 1 atom stereocenters. The van der Waals surface area contributed by atoms with Gasteiger partial charge in [0, 0.05) is 11.6 Å². The first-order valence-corrected chi connectivity index (χ1v) is 6.07. The molecule has 0 saturated carbocycles. The maximum Gasteiger partial charge on any atom is 0.0307 e. The third kappa shape index (κ3) is 3.96. The Labute approximate surface area is 95.5 Å². The third-order valence-corrected chi connectivity index (χ3v) is 3.49. The Morgan fingerprint density at radius 2 is 1.73 bits per heavy atom. The van der Waals surface area contributed by atoms with E-state index in [1.54, 1.807) is 0 Å². The molecule has 0 aliphatic carbocycles. The zero-order valence-corrected chi connectivity index (χ0v) is 11.1. The third-order valence-electron chi connectivity index (χ3n) is 3.49. The predicted octanol–water partition coefficient (Wildman–Crippen LogP) is 2.79. The summed E-state index contributed by atoms with van der Waals surface area (Å²) in [6.07, 6.45) is 1.96. The van der Waals surface area contributed by atoms with Crippen molar-refractivity contribution in [3.63, 3.8) is 0 Å². The van der Waals surface area contributed by atoms with E-state index < -0.39 is 0 Å². The van der Waals surface area contributed by atoms with Gasteiger partial charge in [-0.15, -0.1) is 0 Å². The van der Waals surface area contributed by atoms with Gasteiger partial charge in [-0.25, -0.2) is 0 Å². The topological polar surface area (TPSA) is 29.3 Å². The van der Waals surface area contributed by atoms with Gasteiger partial charge in [-0.1, -0.05) is 32.9 Å². The van der Waals surface area contributed by atoms with E-state index in [2.05, 4.69) is 46.1 Å². The van der Waals surface area contributed by atoms with Crippen molar-refractivity contribution in [1.29, 1.82) is 0 Å². The van der Waals surface area contributed by atoms with E-state index in [9.17, 15) is 0 Å². The molecule has 2 N–H and O–H groups in total. The zero-order chi connectivity index (χ0) is 12.1. The van der Waals surface area contributed by atoms with Crippen LogP contribution in [0.3, 0.4) is 0 Å². The van der Waals surface area contributed by atoms with Crippen LogP contribution in [0.4, 0.5) is 0 Å². The van der Waals surface area contributed by atoms with Crippen LogP contribution in [0.5, 0.6) is 0 Å². The first-order chi connectivity index (χ1) is 6.89. The first-order valence-electron chi connectivity index (χ1n) is 6.07. The quantitative estimate of drug-likeness (QED) is 0.658. The van der Waals surface area contributed by atoms with Crippen LogP contribution in [-0.2, 0) is 0 Å². The summed E-state index contributed by atoms with van der Waals surface area (Å²) in [6.45, 7) is 17.1. The molecule has 1 unspecified atom stereocenters. The molecule has 0 fully saturated rings. The van der Waals surface area contributed by atoms with Gasteiger partial charge in [-0.3, -0.25) is 4.90 Å². The van der Waals surface area contributed by atoms with Gasteiger partial charge in [0.25, 0.3) is 0 Å². The monoisotopic (exact) mass is 212 g/mol. The Hall–Kier alpha value is -0.340. The zero-order valence-electron chi connectivity index (χ0n) is 11.1. The first kappa shape index (κ1) is 14.7. The summed E-state index contributed by atoms with van der Waals surface area (Å²) in [5.74, 6) is 0. The molecule has 0 aromatic carbocycles. The van der Waals surface area contributed by atoms with Crippen molar-refractivity contribution in [2.75, 3.05) is 13.1 Å². The van der Waals surface area contributed by atoms with Crippen LogP contribution in [0.1, 0.15) is 47.5 Å². The lowest BCUT2D eigenvalue weighted by Crippen LogP contribution is -2.56. The summed E-state index contributed by atoms with van der Waals surface area (Å²) in [5, 5.41) is 0. The molecule has 0 aromatic rings. The smallest absolute Gasteiger partial charge is 0.0307 e. The van der Waals surface area contributed by atoms with Gasteiger partial charge in [0.2, 0.25) is 0 Å². The van der Waals surface area contributed by atoms with Gasteiger partial charge in [0.15, 0.2) is 0 Å². The van der Waals surface area contributed by atoms with Crippen molar-refractivity contribution in [1.82, 2.24) is 4.90 Å². The second-order valence-electron chi connectivity index (χ2n) is 4.74. The molecule has 0 aliphatic rings. The number of nitrogens with zero attached hydrogens (tertiary/aromatic N) is 1. The van der Waals surface area contributed by atoms with Gasteiger partial charge in [0.05, 0.1) is 0 Å². The van der Waals surface area contributed by atoms with Crippen LogP contribution in [0.25, 0.3) is 0 Å². The second kappa shape index (κ2) is 6.29. The number of likely N-dealkylation sites (N-methyl/N-ethyl adjacent to an activating group) is 1. The van der Waals surface area contributed by atoms with Crippen molar-refractivity contribution in [3.05, 3.63) is 12.2 Å². The standard InChI is InChI=1S/C13H28N2/c1-7-11(4)10-12(14)13(5,6)15(8-2)9-3/h12H,4,7-10,14H2,1-3,5-6H3. The largest absolute Gasteiger partial charge is 0.326 e. The molecule has 2 heteroatoms. The SMILES string of the molecule is C=C(CC)CC(N)C(C)(C)N(CC)CC. The summed E-state index contributed by atoms with van der Waals surface area (Å²) in [6, 6.07) is 0.171. The molecule has 0 rings (SSSR count). The fourth-order valence-electron chi connectivity index (χ4n) is 1.98. The van der Waals surface area contributed by atoms with Gasteiger partial charge >= 0.3 is 0 Å². The molecule has 0 radical (unpaired) electrons. The summed E-state index contributed by atoms with van der Waals surface area (Å²) >= 11 is 0. The molecule has 0 aromatic heterocycles. The van der Waals surface area contributed by atoms with E-state index >= 15 is 0 Å². The van der Waals surface area contributed by atoms with Gasteiger partial charge < -0.3 is 5.73 Å². The molecular formula is C13H28N2. The number of hydrogen-bond acceptors (Lipinski definition) is 2. The summed E-state index contributed by atoms with van der Waals surface area (Å²) in [7, 11) is 0. The molecule has 0 spiro atoms. The average molecular weight is 212 g/mol. The molecule has 0 amide bonds. The van der Waals surface area contributed by atoms with Crippen LogP contribution >= 0.6 is 0 Å². The fourth-order valence-corrected chi connectivity index (χ4v) is 1.98. The van der Waals surface area contributed by atoms with Gasteiger partial charge in [0.1, 0.15) is 0 Å². The molecular weight excluding hydrogens is 184 g/mol. The van der Waals surface area contributed by atoms with Crippen molar-refractivity contribution >= 4 is 0 Å². The van der Waals surface area contributed by atoms with Gasteiger partial charge in [-0.05, 0) is 39.8 Å². The molecule has 0 aliphatic heterocycles. The van der Waals surface area contributed by atoms with Crippen LogP contribution in [-0.4, -0.2) is 29.6 Å². The summed E-state index contributed by atoms with van der Waals surface area (Å²) in [4.78, 5) is 2.42. The Kier molecular flexibility index (Phi) is 6.15. The van der Waals surface area contributed by atoms with Crippen LogP contribution in [0, 0.1) is 0 Å². The number of nitrogens with two attached hydrogens (primary N) is 1. The Morgan fingerprint density at radius 3 is 2.07 bits per heavy atom. The Bertz CT molecular complexity index is 193. The lowest BCUT2D eigenvalue weighted by Gasteiger charge is -2.42. The van der Waals surface area contributed by atoms with Crippen molar-refractivity contribution in [2.24, 2.45) is 5.73 Å². The molecule has 15 heavy (non-hydrogen) atoms. The molecule has 0 bridgehead atoms. The van der Waals surface area contributed by atoms with E-state index in [4.69, 9.17) is 5.73 Å². The molecule has 90 valence electrons. The highest BCUT2D eigenvalue weighted by Gasteiger charge is 2.31. The predicted molar refractivity (Wildman–Crippen MR) is 69.0 cm³/mol. The summed E-state index contributed by atoms with van der Waals surface area (Å²) in [5.41, 5.74) is 7.59. The number of hydrogen-bond donors (Lipinski definition) is 1. The maximum absolute atomic E-state index is 6.28. The van der Waals surface area contributed by atoms with Crippen molar-refractivity contribution < 1.29 is 0 Å². The normalized spacial score (nSPS) is 14.3. The molecule has 0 heterocycles. The Morgan fingerprint density at radius 1 is 1.27 bits per heavy atom. The number of rotatable bonds is 7. The molecule has 0 saturated heterocycles. The lowest BCUT2D eigenvalue weighted by atomic mass is 9.88.